The normalized spacial score (nSPS) is 24.1. The Kier molecular flexibility index (Phi) is 5.19. The lowest BCUT2D eigenvalue weighted by molar-refractivity contribution is 0.175. The molecule has 0 unspecified atom stereocenters. The van der Waals surface area contributed by atoms with Crippen LogP contribution in [0.25, 0.3) is 0 Å². The molecule has 1 saturated heterocycles. The molecule has 4 rings (SSSR count). The van der Waals surface area contributed by atoms with Gasteiger partial charge in [0.15, 0.2) is 0 Å². The van der Waals surface area contributed by atoms with Gasteiger partial charge >= 0.3 is 0 Å². The van der Waals surface area contributed by atoms with E-state index in [9.17, 15) is 5.11 Å². The molecule has 148 valence electrons. The minimum absolute atomic E-state index is 0.0194. The Hall–Kier alpha value is -2.64. The van der Waals surface area contributed by atoms with Gasteiger partial charge in [-0.3, -0.25) is 15.4 Å². The molecule has 2 heterocycles. The van der Waals surface area contributed by atoms with Gasteiger partial charge in [0.05, 0.1) is 18.8 Å². The van der Waals surface area contributed by atoms with Crippen LogP contribution in [0.5, 0.6) is 5.75 Å². The first kappa shape index (κ1) is 18.7. The Morgan fingerprint density at radius 3 is 2.71 bits per heavy atom. The van der Waals surface area contributed by atoms with Crippen LogP contribution in [0, 0.1) is 10.8 Å². The van der Waals surface area contributed by atoms with Crippen LogP contribution in [0.1, 0.15) is 49.0 Å². The highest BCUT2D eigenvalue weighted by atomic mass is 16.5. The fraction of sp³-hybridized carbons (Fsp3) is 0.429. The summed E-state index contributed by atoms with van der Waals surface area (Å²) in [4.78, 5) is 1.86. The van der Waals surface area contributed by atoms with Gasteiger partial charge in [0, 0.05) is 12.6 Å². The summed E-state index contributed by atoms with van der Waals surface area (Å²) in [6.45, 7) is 0.737. The molecule has 0 radical (unpaired) electrons. The van der Waals surface area contributed by atoms with Gasteiger partial charge in [-0.15, -0.1) is 0 Å². The van der Waals surface area contributed by atoms with Crippen LogP contribution in [-0.2, 0) is 0 Å². The molecular weight excluding hydrogens is 354 g/mol. The molecule has 0 amide bonds. The first-order valence-corrected chi connectivity index (χ1v) is 9.83. The van der Waals surface area contributed by atoms with Crippen molar-refractivity contribution in [1.82, 2.24) is 9.47 Å². The van der Waals surface area contributed by atoms with Gasteiger partial charge < -0.3 is 20.5 Å². The minimum Gasteiger partial charge on any atom is -0.484 e. The monoisotopic (exact) mass is 381 g/mol. The van der Waals surface area contributed by atoms with Crippen LogP contribution in [0.3, 0.4) is 0 Å². The van der Waals surface area contributed by atoms with Crippen molar-refractivity contribution in [3.63, 3.8) is 0 Å². The van der Waals surface area contributed by atoms with E-state index in [1.165, 1.54) is 4.57 Å². The summed E-state index contributed by atoms with van der Waals surface area (Å²) in [5, 5.41) is 26.3. The highest BCUT2D eigenvalue weighted by Gasteiger charge is 2.28. The molecule has 1 aromatic heterocycles. The number of likely N-dealkylation sites (tertiary alicyclic amines) is 1. The van der Waals surface area contributed by atoms with E-state index in [1.54, 1.807) is 18.3 Å². The third-order valence-electron chi connectivity index (χ3n) is 5.77. The van der Waals surface area contributed by atoms with E-state index in [1.807, 2.05) is 17.0 Å². The predicted molar refractivity (Wildman–Crippen MR) is 106 cm³/mol. The maximum absolute atomic E-state index is 9.56. The summed E-state index contributed by atoms with van der Waals surface area (Å²) in [7, 11) is 0. The number of pyridine rings is 1. The number of nitrogens with one attached hydrogen (secondary N) is 2. The Morgan fingerprint density at radius 2 is 1.93 bits per heavy atom. The lowest BCUT2D eigenvalue weighted by Crippen LogP contribution is -2.44. The molecule has 7 heteroatoms. The minimum atomic E-state index is -0.0906. The van der Waals surface area contributed by atoms with Crippen molar-refractivity contribution < 1.29 is 9.84 Å². The molecule has 0 spiro atoms. The molecule has 0 saturated carbocycles. The van der Waals surface area contributed by atoms with Gasteiger partial charge in [0.2, 0.25) is 5.96 Å². The fourth-order valence-electron chi connectivity index (χ4n) is 4.24. The van der Waals surface area contributed by atoms with Gasteiger partial charge in [-0.2, -0.15) is 0 Å². The standard InChI is InChI=1S/C21H27N5O2/c22-18-8-9-19(17-6-2-1-5-16(17)18)28-15-7-10-20(23)26(12-15)21(24)25-11-3-4-14(25)13-27/h1-2,5-7,10,12,14,18-19,23-24,27H,3-4,8-9,11,13,22H2/t14-,18-,19+/m0/s1. The van der Waals surface area contributed by atoms with Crippen molar-refractivity contribution in [2.45, 2.75) is 43.9 Å². The lowest BCUT2D eigenvalue weighted by atomic mass is 9.86. The summed E-state index contributed by atoms with van der Waals surface area (Å²) in [6, 6.07) is 11.5. The molecule has 3 atom stereocenters. The topological polar surface area (TPSA) is 111 Å². The van der Waals surface area contributed by atoms with E-state index in [0.717, 1.165) is 43.4 Å². The second kappa shape index (κ2) is 7.77. The van der Waals surface area contributed by atoms with Gasteiger partial charge in [-0.1, -0.05) is 24.3 Å². The molecule has 0 bridgehead atoms. The van der Waals surface area contributed by atoms with Crippen molar-refractivity contribution in [1.29, 1.82) is 10.8 Å². The molecule has 2 aliphatic rings. The SMILES string of the molecule is N=C(N1CCC[C@H]1CO)n1cc(O[C@@H]2CC[C@H](N)c3ccccc32)ccc1=N. The molecule has 5 N–H and O–H groups in total. The average molecular weight is 381 g/mol. The summed E-state index contributed by atoms with van der Waals surface area (Å²) >= 11 is 0. The van der Waals surface area contributed by atoms with Crippen LogP contribution < -0.4 is 16.0 Å². The molecule has 28 heavy (non-hydrogen) atoms. The maximum atomic E-state index is 9.56. The summed E-state index contributed by atoms with van der Waals surface area (Å²) < 4.78 is 7.79. The Morgan fingerprint density at radius 1 is 1.14 bits per heavy atom. The van der Waals surface area contributed by atoms with Crippen LogP contribution in [0.15, 0.2) is 42.6 Å². The smallest absolute Gasteiger partial charge is 0.204 e. The van der Waals surface area contributed by atoms with Gasteiger partial charge in [0.25, 0.3) is 0 Å². The first-order chi connectivity index (χ1) is 13.6. The average Bonchev–Trinajstić information content (AvgIpc) is 3.20. The second-order valence-electron chi connectivity index (χ2n) is 7.53. The van der Waals surface area contributed by atoms with Crippen molar-refractivity contribution in [2.75, 3.05) is 13.2 Å². The number of rotatable bonds is 3. The van der Waals surface area contributed by atoms with E-state index in [2.05, 4.69) is 12.1 Å². The molecule has 1 aliphatic carbocycles. The number of aliphatic hydroxyl groups is 1. The van der Waals surface area contributed by atoms with Crippen molar-refractivity contribution in [3.05, 3.63) is 59.2 Å². The predicted octanol–water partition coefficient (Wildman–Crippen LogP) is 2.12. The quantitative estimate of drug-likeness (QED) is 0.482. The summed E-state index contributed by atoms with van der Waals surface area (Å²) in [6.07, 6.45) is 5.11. The van der Waals surface area contributed by atoms with Crippen molar-refractivity contribution >= 4 is 5.96 Å². The molecular formula is C21H27N5O2. The summed E-state index contributed by atoms with van der Waals surface area (Å²) in [5.74, 6) is 0.828. The van der Waals surface area contributed by atoms with Crippen LogP contribution in [-0.4, -0.2) is 39.7 Å². The first-order valence-electron chi connectivity index (χ1n) is 9.83. The van der Waals surface area contributed by atoms with Crippen LogP contribution in [0.4, 0.5) is 0 Å². The van der Waals surface area contributed by atoms with Crippen molar-refractivity contribution in [2.24, 2.45) is 5.73 Å². The molecule has 7 nitrogen and oxygen atoms in total. The Balaban J connectivity index is 1.59. The maximum Gasteiger partial charge on any atom is 0.204 e. The highest BCUT2D eigenvalue weighted by Crippen LogP contribution is 2.37. The van der Waals surface area contributed by atoms with Gasteiger partial charge in [-0.25, -0.2) is 0 Å². The van der Waals surface area contributed by atoms with Gasteiger partial charge in [-0.05, 0) is 48.9 Å². The zero-order chi connectivity index (χ0) is 19.7. The van der Waals surface area contributed by atoms with E-state index in [4.69, 9.17) is 21.3 Å². The van der Waals surface area contributed by atoms with E-state index < -0.39 is 0 Å². The molecule has 1 aliphatic heterocycles. The molecule has 1 aromatic carbocycles. The number of hydrogen-bond donors (Lipinski definition) is 4. The third-order valence-corrected chi connectivity index (χ3v) is 5.77. The zero-order valence-electron chi connectivity index (χ0n) is 15.8. The number of aliphatic hydroxyl groups excluding tert-OH is 1. The summed E-state index contributed by atoms with van der Waals surface area (Å²) in [5.41, 5.74) is 8.69. The lowest BCUT2D eigenvalue weighted by Gasteiger charge is -2.30. The number of benzene rings is 1. The molecule has 1 fully saturated rings. The largest absolute Gasteiger partial charge is 0.484 e. The number of ether oxygens (including phenoxy) is 1. The number of hydrogen-bond acceptors (Lipinski definition) is 5. The van der Waals surface area contributed by atoms with E-state index in [-0.39, 0.29) is 36.2 Å². The number of nitrogens with zero attached hydrogens (tertiary/aromatic N) is 2. The Bertz CT molecular complexity index is 925. The highest BCUT2D eigenvalue weighted by molar-refractivity contribution is 5.80. The van der Waals surface area contributed by atoms with Crippen molar-refractivity contribution in [3.8, 4) is 5.75 Å². The van der Waals surface area contributed by atoms with E-state index >= 15 is 0 Å². The number of nitrogens with two attached hydrogens (primary N) is 1. The number of aromatic nitrogens is 1. The van der Waals surface area contributed by atoms with Crippen LogP contribution >= 0.6 is 0 Å². The van der Waals surface area contributed by atoms with E-state index in [0.29, 0.717) is 5.75 Å². The number of fused-ring (bicyclic) bond motifs is 1. The molecule has 2 aromatic rings. The third kappa shape index (κ3) is 3.43. The van der Waals surface area contributed by atoms with Crippen LogP contribution in [0.2, 0.25) is 0 Å². The second-order valence-corrected chi connectivity index (χ2v) is 7.53. The fourth-order valence-corrected chi connectivity index (χ4v) is 4.24. The Labute approximate surface area is 164 Å². The van der Waals surface area contributed by atoms with Gasteiger partial charge in [0.1, 0.15) is 17.3 Å². The zero-order valence-corrected chi connectivity index (χ0v) is 15.8.